The van der Waals surface area contributed by atoms with Crippen LogP contribution >= 0.6 is 15.9 Å². The standard InChI is InChI=1S/C11H12BrNO2/c1-7(6-13)15-11-5-9(12)3-4-10(11)8(2)14/h3-5,7-8,14H,1-2H3. The van der Waals surface area contributed by atoms with E-state index in [1.54, 1.807) is 26.0 Å². The summed E-state index contributed by atoms with van der Waals surface area (Å²) in [7, 11) is 0. The Hall–Kier alpha value is -1.05. The summed E-state index contributed by atoms with van der Waals surface area (Å²) in [5.74, 6) is 0.536. The quantitative estimate of drug-likeness (QED) is 0.918. The second kappa shape index (κ2) is 5.15. The molecule has 2 atom stereocenters. The number of rotatable bonds is 3. The minimum atomic E-state index is -0.612. The molecule has 80 valence electrons. The molecule has 0 radical (unpaired) electrons. The predicted octanol–water partition coefficient (Wildman–Crippen LogP) is 2.79. The van der Waals surface area contributed by atoms with Gasteiger partial charge in [-0.05, 0) is 26.0 Å². The Kier molecular flexibility index (Phi) is 4.13. The third-order valence-electron chi connectivity index (χ3n) is 1.91. The van der Waals surface area contributed by atoms with Crippen LogP contribution in [0.2, 0.25) is 0 Å². The first-order valence-electron chi connectivity index (χ1n) is 4.58. The van der Waals surface area contributed by atoms with Gasteiger partial charge < -0.3 is 9.84 Å². The Morgan fingerprint density at radius 3 is 2.67 bits per heavy atom. The zero-order chi connectivity index (χ0) is 11.4. The first kappa shape index (κ1) is 12.0. The zero-order valence-corrected chi connectivity index (χ0v) is 10.2. The molecular weight excluding hydrogens is 258 g/mol. The Balaban J connectivity index is 3.03. The molecule has 0 aliphatic rings. The molecule has 3 nitrogen and oxygen atoms in total. The van der Waals surface area contributed by atoms with Crippen LogP contribution in [0.4, 0.5) is 0 Å². The number of hydrogen-bond acceptors (Lipinski definition) is 3. The van der Waals surface area contributed by atoms with E-state index in [4.69, 9.17) is 10.00 Å². The number of nitriles is 1. The van der Waals surface area contributed by atoms with Crippen molar-refractivity contribution >= 4 is 15.9 Å². The molecule has 0 heterocycles. The van der Waals surface area contributed by atoms with Gasteiger partial charge in [0.1, 0.15) is 11.8 Å². The van der Waals surface area contributed by atoms with E-state index in [1.807, 2.05) is 12.1 Å². The number of nitrogens with zero attached hydrogens (tertiary/aromatic N) is 1. The summed E-state index contributed by atoms with van der Waals surface area (Å²) in [6.07, 6.45) is -1.14. The summed E-state index contributed by atoms with van der Waals surface area (Å²) in [5.41, 5.74) is 0.681. The average Bonchev–Trinajstić information content (AvgIpc) is 2.17. The van der Waals surface area contributed by atoms with Crippen LogP contribution in [0.15, 0.2) is 22.7 Å². The lowest BCUT2D eigenvalue weighted by atomic mass is 10.1. The summed E-state index contributed by atoms with van der Waals surface area (Å²) in [5, 5.41) is 18.1. The van der Waals surface area contributed by atoms with Crippen LogP contribution in [0.1, 0.15) is 25.5 Å². The normalized spacial score (nSPS) is 14.1. The molecule has 1 rings (SSSR count). The zero-order valence-electron chi connectivity index (χ0n) is 8.57. The lowest BCUT2D eigenvalue weighted by molar-refractivity contribution is 0.187. The van der Waals surface area contributed by atoms with Gasteiger partial charge in [0.25, 0.3) is 0 Å². The molecule has 0 aromatic heterocycles. The van der Waals surface area contributed by atoms with Gasteiger partial charge in [-0.1, -0.05) is 22.0 Å². The van der Waals surface area contributed by atoms with Crippen LogP contribution in [0, 0.1) is 11.3 Å². The van der Waals surface area contributed by atoms with Crippen molar-refractivity contribution in [1.29, 1.82) is 5.26 Å². The molecule has 1 aromatic rings. The van der Waals surface area contributed by atoms with Crippen molar-refractivity contribution in [3.05, 3.63) is 28.2 Å². The van der Waals surface area contributed by atoms with E-state index in [0.29, 0.717) is 11.3 Å². The Morgan fingerprint density at radius 1 is 1.47 bits per heavy atom. The summed E-state index contributed by atoms with van der Waals surface area (Å²) in [4.78, 5) is 0. The highest BCUT2D eigenvalue weighted by molar-refractivity contribution is 9.10. The fraction of sp³-hybridized carbons (Fsp3) is 0.364. The third kappa shape index (κ3) is 3.22. The van der Waals surface area contributed by atoms with E-state index < -0.39 is 12.2 Å². The number of halogens is 1. The highest BCUT2D eigenvalue weighted by atomic mass is 79.9. The van der Waals surface area contributed by atoms with Crippen molar-refractivity contribution in [3.63, 3.8) is 0 Å². The topological polar surface area (TPSA) is 53.2 Å². The maximum atomic E-state index is 9.50. The first-order valence-corrected chi connectivity index (χ1v) is 5.37. The van der Waals surface area contributed by atoms with Gasteiger partial charge in [0.2, 0.25) is 0 Å². The summed E-state index contributed by atoms with van der Waals surface area (Å²) >= 11 is 3.31. The molecular formula is C11H12BrNO2. The Labute approximate surface area is 97.4 Å². The van der Waals surface area contributed by atoms with Crippen molar-refractivity contribution in [3.8, 4) is 11.8 Å². The predicted molar refractivity (Wildman–Crippen MR) is 60.5 cm³/mol. The van der Waals surface area contributed by atoms with Gasteiger partial charge in [-0.25, -0.2) is 0 Å². The molecule has 0 bridgehead atoms. The van der Waals surface area contributed by atoms with E-state index in [2.05, 4.69) is 15.9 Å². The van der Waals surface area contributed by atoms with E-state index >= 15 is 0 Å². The largest absolute Gasteiger partial charge is 0.475 e. The fourth-order valence-corrected chi connectivity index (χ4v) is 1.51. The first-order chi connectivity index (χ1) is 7.04. The molecule has 0 aliphatic carbocycles. The minimum Gasteiger partial charge on any atom is -0.475 e. The van der Waals surface area contributed by atoms with Crippen LogP contribution in [0.25, 0.3) is 0 Å². The van der Waals surface area contributed by atoms with Crippen LogP contribution in [-0.4, -0.2) is 11.2 Å². The molecule has 1 N–H and O–H groups in total. The van der Waals surface area contributed by atoms with Crippen molar-refractivity contribution in [2.45, 2.75) is 26.1 Å². The number of benzene rings is 1. The van der Waals surface area contributed by atoms with Gasteiger partial charge in [0.15, 0.2) is 6.10 Å². The summed E-state index contributed by atoms with van der Waals surface area (Å²) in [6, 6.07) is 7.32. The van der Waals surface area contributed by atoms with E-state index in [1.165, 1.54) is 0 Å². The molecule has 0 spiro atoms. The molecule has 4 heteroatoms. The number of ether oxygens (including phenoxy) is 1. The van der Waals surface area contributed by atoms with E-state index in [9.17, 15) is 5.11 Å². The highest BCUT2D eigenvalue weighted by Gasteiger charge is 2.12. The lowest BCUT2D eigenvalue weighted by Crippen LogP contribution is -2.10. The van der Waals surface area contributed by atoms with Gasteiger partial charge >= 0.3 is 0 Å². The molecule has 0 amide bonds. The van der Waals surface area contributed by atoms with Crippen molar-refractivity contribution < 1.29 is 9.84 Å². The summed E-state index contributed by atoms with van der Waals surface area (Å²) in [6.45, 7) is 3.32. The van der Waals surface area contributed by atoms with E-state index in [-0.39, 0.29) is 0 Å². The average molecular weight is 270 g/mol. The van der Waals surface area contributed by atoms with Gasteiger partial charge in [-0.15, -0.1) is 0 Å². The molecule has 0 aliphatic heterocycles. The van der Waals surface area contributed by atoms with Gasteiger partial charge in [-0.2, -0.15) is 5.26 Å². The smallest absolute Gasteiger partial charge is 0.181 e. The molecule has 2 unspecified atom stereocenters. The Bertz CT molecular complexity index is 385. The fourth-order valence-electron chi connectivity index (χ4n) is 1.17. The molecule has 0 saturated carbocycles. The highest BCUT2D eigenvalue weighted by Crippen LogP contribution is 2.29. The van der Waals surface area contributed by atoms with Gasteiger partial charge in [0.05, 0.1) is 6.10 Å². The molecule has 15 heavy (non-hydrogen) atoms. The van der Waals surface area contributed by atoms with Gasteiger partial charge in [0, 0.05) is 10.0 Å². The second-order valence-electron chi connectivity index (χ2n) is 3.25. The number of hydrogen-bond donors (Lipinski definition) is 1. The van der Waals surface area contributed by atoms with Crippen molar-refractivity contribution in [2.24, 2.45) is 0 Å². The van der Waals surface area contributed by atoms with Crippen LogP contribution in [0.3, 0.4) is 0 Å². The maximum absolute atomic E-state index is 9.50. The molecule has 0 saturated heterocycles. The number of aliphatic hydroxyl groups is 1. The second-order valence-corrected chi connectivity index (χ2v) is 4.16. The lowest BCUT2D eigenvalue weighted by Gasteiger charge is -2.14. The Morgan fingerprint density at radius 2 is 2.13 bits per heavy atom. The van der Waals surface area contributed by atoms with Crippen molar-refractivity contribution in [1.82, 2.24) is 0 Å². The van der Waals surface area contributed by atoms with Gasteiger partial charge in [-0.3, -0.25) is 0 Å². The van der Waals surface area contributed by atoms with E-state index in [0.717, 1.165) is 4.47 Å². The van der Waals surface area contributed by atoms with Crippen LogP contribution in [-0.2, 0) is 0 Å². The summed E-state index contributed by atoms with van der Waals surface area (Å²) < 4.78 is 6.24. The van der Waals surface area contributed by atoms with Crippen molar-refractivity contribution in [2.75, 3.05) is 0 Å². The number of aliphatic hydroxyl groups excluding tert-OH is 1. The van der Waals surface area contributed by atoms with Crippen LogP contribution in [0.5, 0.6) is 5.75 Å². The molecule has 0 fully saturated rings. The maximum Gasteiger partial charge on any atom is 0.181 e. The third-order valence-corrected chi connectivity index (χ3v) is 2.40. The monoisotopic (exact) mass is 269 g/mol. The van der Waals surface area contributed by atoms with Crippen LogP contribution < -0.4 is 4.74 Å². The SMILES string of the molecule is CC(C#N)Oc1cc(Br)ccc1C(C)O. The molecule has 1 aromatic carbocycles. The minimum absolute atomic E-state index is 0.531.